The Morgan fingerprint density at radius 3 is 2.75 bits per heavy atom. The molecular weight excluding hydrogens is 302 g/mol. The summed E-state index contributed by atoms with van der Waals surface area (Å²) < 4.78 is 12.1. The van der Waals surface area contributed by atoms with Crippen molar-refractivity contribution in [2.24, 2.45) is 0 Å². The molecular formula is C20H25NO3. The molecule has 0 bridgehead atoms. The molecule has 1 aliphatic rings. The summed E-state index contributed by atoms with van der Waals surface area (Å²) in [5.41, 5.74) is -0.0951. The Labute approximate surface area is 144 Å². The molecule has 0 N–H and O–H groups in total. The van der Waals surface area contributed by atoms with E-state index in [0.717, 1.165) is 5.56 Å². The number of terminal acetylenes is 1. The van der Waals surface area contributed by atoms with E-state index in [1.807, 2.05) is 44.2 Å². The monoisotopic (exact) mass is 327 g/mol. The molecule has 4 heteroatoms. The molecule has 1 amide bonds. The molecule has 1 aromatic carbocycles. The highest BCUT2D eigenvalue weighted by molar-refractivity contribution is 5.87. The SMILES string of the molecule is C#CCO[C@@H](C)[C@]1(CC=C)O[C@H](c2ccccc2)[C@H](C)N(C)C1=O. The average molecular weight is 327 g/mol. The Balaban J connectivity index is 2.43. The van der Waals surface area contributed by atoms with Crippen molar-refractivity contribution in [3.63, 3.8) is 0 Å². The predicted molar refractivity (Wildman–Crippen MR) is 94.3 cm³/mol. The summed E-state index contributed by atoms with van der Waals surface area (Å²) in [6.07, 6.45) is 6.62. The minimum atomic E-state index is -1.12. The third-order valence-electron chi connectivity index (χ3n) is 4.72. The van der Waals surface area contributed by atoms with Crippen molar-refractivity contribution in [1.82, 2.24) is 4.90 Å². The zero-order valence-electron chi connectivity index (χ0n) is 14.6. The van der Waals surface area contributed by atoms with Gasteiger partial charge in [-0.05, 0) is 19.4 Å². The predicted octanol–water partition coefficient (Wildman–Crippen LogP) is 2.96. The van der Waals surface area contributed by atoms with Crippen LogP contribution >= 0.6 is 0 Å². The number of amides is 1. The number of likely N-dealkylation sites (N-methyl/N-ethyl adjacent to an activating group) is 1. The highest BCUT2D eigenvalue weighted by Gasteiger charge is 2.53. The zero-order chi connectivity index (χ0) is 17.7. The summed E-state index contributed by atoms with van der Waals surface area (Å²) in [5.74, 6) is 2.34. The van der Waals surface area contributed by atoms with Gasteiger partial charge in [0.15, 0.2) is 5.60 Å². The van der Waals surface area contributed by atoms with Crippen molar-refractivity contribution in [3.05, 3.63) is 48.6 Å². The number of morpholine rings is 1. The molecule has 4 nitrogen and oxygen atoms in total. The molecule has 1 heterocycles. The van der Waals surface area contributed by atoms with E-state index in [1.165, 1.54) is 0 Å². The van der Waals surface area contributed by atoms with Gasteiger partial charge in [0, 0.05) is 13.5 Å². The number of carbonyl (C=O) groups is 1. The number of hydrogen-bond acceptors (Lipinski definition) is 3. The van der Waals surface area contributed by atoms with Crippen LogP contribution in [0.1, 0.15) is 31.9 Å². The number of carbonyl (C=O) groups excluding carboxylic acids is 1. The molecule has 4 atom stereocenters. The van der Waals surface area contributed by atoms with E-state index in [1.54, 1.807) is 18.0 Å². The molecule has 1 aliphatic heterocycles. The Morgan fingerprint density at radius 2 is 2.17 bits per heavy atom. The van der Waals surface area contributed by atoms with Crippen LogP contribution in [0.4, 0.5) is 0 Å². The highest BCUT2D eigenvalue weighted by Crippen LogP contribution is 2.40. The van der Waals surface area contributed by atoms with Gasteiger partial charge in [0.2, 0.25) is 0 Å². The molecule has 1 saturated heterocycles. The van der Waals surface area contributed by atoms with Crippen LogP contribution in [0.15, 0.2) is 43.0 Å². The lowest BCUT2D eigenvalue weighted by atomic mass is 9.86. The van der Waals surface area contributed by atoms with E-state index < -0.39 is 11.7 Å². The lowest BCUT2D eigenvalue weighted by Crippen LogP contribution is -2.64. The maximum atomic E-state index is 13.1. The Bertz CT molecular complexity index is 622. The first-order chi connectivity index (χ1) is 11.5. The summed E-state index contributed by atoms with van der Waals surface area (Å²) in [6.45, 7) is 7.73. The lowest BCUT2D eigenvalue weighted by molar-refractivity contribution is -0.220. The van der Waals surface area contributed by atoms with Gasteiger partial charge in [0.1, 0.15) is 12.7 Å². The van der Waals surface area contributed by atoms with Crippen molar-refractivity contribution in [1.29, 1.82) is 0 Å². The van der Waals surface area contributed by atoms with Crippen LogP contribution in [-0.2, 0) is 14.3 Å². The van der Waals surface area contributed by atoms with Crippen molar-refractivity contribution < 1.29 is 14.3 Å². The topological polar surface area (TPSA) is 38.8 Å². The second kappa shape index (κ2) is 7.65. The second-order valence-electron chi connectivity index (χ2n) is 6.15. The Kier molecular flexibility index (Phi) is 5.82. The minimum Gasteiger partial charge on any atom is -0.362 e. The number of hydrogen-bond donors (Lipinski definition) is 0. The van der Waals surface area contributed by atoms with Crippen LogP contribution in [0.5, 0.6) is 0 Å². The summed E-state index contributed by atoms with van der Waals surface area (Å²) >= 11 is 0. The van der Waals surface area contributed by atoms with Gasteiger partial charge in [0.05, 0.1) is 12.1 Å². The normalized spacial score (nSPS) is 28.2. The maximum absolute atomic E-state index is 13.1. The maximum Gasteiger partial charge on any atom is 0.257 e. The number of rotatable bonds is 6. The van der Waals surface area contributed by atoms with Gasteiger partial charge in [0.25, 0.3) is 5.91 Å². The van der Waals surface area contributed by atoms with E-state index in [-0.39, 0.29) is 24.7 Å². The molecule has 128 valence electrons. The number of ether oxygens (including phenoxy) is 2. The summed E-state index contributed by atoms with van der Waals surface area (Å²) in [7, 11) is 1.80. The van der Waals surface area contributed by atoms with E-state index >= 15 is 0 Å². The average Bonchev–Trinajstić information content (AvgIpc) is 2.61. The van der Waals surface area contributed by atoms with Crippen LogP contribution < -0.4 is 0 Å². The van der Waals surface area contributed by atoms with Crippen LogP contribution in [0.25, 0.3) is 0 Å². The van der Waals surface area contributed by atoms with Gasteiger partial charge in [-0.25, -0.2) is 0 Å². The van der Waals surface area contributed by atoms with E-state index in [2.05, 4.69) is 12.5 Å². The third kappa shape index (κ3) is 3.24. The molecule has 24 heavy (non-hydrogen) atoms. The molecule has 0 saturated carbocycles. The van der Waals surface area contributed by atoms with Gasteiger partial charge < -0.3 is 14.4 Å². The first-order valence-corrected chi connectivity index (χ1v) is 8.14. The number of benzene rings is 1. The standard InChI is InChI=1S/C20H25NO3/c1-6-13-20(16(4)23-14-7-2)19(22)21(5)15(3)18(24-20)17-11-9-8-10-12-17/h2,6,8-12,15-16,18H,1,13-14H2,3-5H3/t15-,16-,18-,20-/m0/s1. The molecule has 0 aliphatic carbocycles. The smallest absolute Gasteiger partial charge is 0.257 e. The molecule has 0 unspecified atom stereocenters. The fourth-order valence-electron chi connectivity index (χ4n) is 3.14. The minimum absolute atomic E-state index is 0.0855. The first kappa shape index (κ1) is 18.3. The molecule has 0 aromatic heterocycles. The van der Waals surface area contributed by atoms with Crippen LogP contribution in [0.3, 0.4) is 0 Å². The fraction of sp³-hybridized carbons (Fsp3) is 0.450. The van der Waals surface area contributed by atoms with E-state index in [0.29, 0.717) is 6.42 Å². The Hall–Kier alpha value is -2.09. The van der Waals surface area contributed by atoms with Crippen molar-refractivity contribution >= 4 is 5.91 Å². The summed E-state index contributed by atoms with van der Waals surface area (Å²) in [5, 5.41) is 0. The van der Waals surface area contributed by atoms with Crippen molar-refractivity contribution in [2.75, 3.05) is 13.7 Å². The highest BCUT2D eigenvalue weighted by atomic mass is 16.6. The number of nitrogens with zero attached hydrogens (tertiary/aromatic N) is 1. The molecule has 2 rings (SSSR count). The fourth-order valence-corrected chi connectivity index (χ4v) is 3.14. The van der Waals surface area contributed by atoms with Crippen LogP contribution in [0, 0.1) is 12.3 Å². The second-order valence-corrected chi connectivity index (χ2v) is 6.15. The molecule has 1 aromatic rings. The molecule has 1 fully saturated rings. The quantitative estimate of drug-likeness (QED) is 0.596. The lowest BCUT2D eigenvalue weighted by Gasteiger charge is -2.49. The van der Waals surface area contributed by atoms with Crippen molar-refractivity contribution in [3.8, 4) is 12.3 Å². The van der Waals surface area contributed by atoms with Gasteiger partial charge in [-0.3, -0.25) is 4.79 Å². The van der Waals surface area contributed by atoms with Crippen LogP contribution in [-0.4, -0.2) is 42.2 Å². The van der Waals surface area contributed by atoms with Gasteiger partial charge in [-0.2, -0.15) is 0 Å². The van der Waals surface area contributed by atoms with Crippen LogP contribution in [0.2, 0.25) is 0 Å². The summed E-state index contributed by atoms with van der Waals surface area (Å²) in [6, 6.07) is 9.83. The summed E-state index contributed by atoms with van der Waals surface area (Å²) in [4.78, 5) is 14.8. The molecule has 0 spiro atoms. The Morgan fingerprint density at radius 1 is 1.50 bits per heavy atom. The van der Waals surface area contributed by atoms with Gasteiger partial charge in [-0.15, -0.1) is 13.0 Å². The van der Waals surface area contributed by atoms with E-state index in [9.17, 15) is 4.79 Å². The van der Waals surface area contributed by atoms with E-state index in [4.69, 9.17) is 15.9 Å². The van der Waals surface area contributed by atoms with Gasteiger partial charge in [-0.1, -0.05) is 42.3 Å². The molecule has 0 radical (unpaired) electrons. The first-order valence-electron chi connectivity index (χ1n) is 8.14. The third-order valence-corrected chi connectivity index (χ3v) is 4.72. The van der Waals surface area contributed by atoms with Gasteiger partial charge >= 0.3 is 0 Å². The largest absolute Gasteiger partial charge is 0.362 e. The van der Waals surface area contributed by atoms with Crippen molar-refractivity contribution in [2.45, 2.75) is 44.1 Å². The zero-order valence-corrected chi connectivity index (χ0v) is 14.6.